The lowest BCUT2D eigenvalue weighted by Crippen LogP contribution is -2.34. The second-order valence-electron chi connectivity index (χ2n) is 7.22. The smallest absolute Gasteiger partial charge is 0.410 e. The largest absolute Gasteiger partial charge is 0.454 e. The molecule has 0 unspecified atom stereocenters. The van der Waals surface area contributed by atoms with E-state index in [0.29, 0.717) is 42.5 Å². The number of rotatable bonds is 7. The number of nitrogens with one attached hydrogen (secondary N) is 1. The van der Waals surface area contributed by atoms with Crippen molar-refractivity contribution >= 4 is 23.3 Å². The van der Waals surface area contributed by atoms with E-state index < -0.39 is 5.82 Å². The summed E-state index contributed by atoms with van der Waals surface area (Å²) in [4.78, 5) is 20.9. The molecule has 162 valence electrons. The Labute approximate surface area is 185 Å². The minimum absolute atomic E-state index is 0.0132. The summed E-state index contributed by atoms with van der Waals surface area (Å²) in [5.41, 5.74) is 1.84. The number of nitrogens with zero attached hydrogens (tertiary/aromatic N) is 3. The molecular formula is C24H21FN4O3. The van der Waals surface area contributed by atoms with Crippen molar-refractivity contribution in [2.24, 2.45) is 0 Å². The van der Waals surface area contributed by atoms with Gasteiger partial charge in [-0.3, -0.25) is 4.98 Å². The van der Waals surface area contributed by atoms with Gasteiger partial charge in [0.25, 0.3) is 0 Å². The number of cyclic esters (lactones) is 1. The Bertz CT molecular complexity index is 1160. The van der Waals surface area contributed by atoms with Crippen molar-refractivity contribution in [1.82, 2.24) is 9.88 Å². The Balaban J connectivity index is 1.41. The molecular weight excluding hydrogens is 411 g/mol. The first-order chi connectivity index (χ1) is 15.6. The molecule has 2 aromatic carbocycles. The number of pyridine rings is 1. The number of benzene rings is 2. The van der Waals surface area contributed by atoms with Crippen molar-refractivity contribution in [3.63, 3.8) is 0 Å². The number of halogens is 1. The summed E-state index contributed by atoms with van der Waals surface area (Å²) in [5, 5.41) is 2.95. The van der Waals surface area contributed by atoms with Crippen molar-refractivity contribution in [3.8, 4) is 11.5 Å². The van der Waals surface area contributed by atoms with E-state index in [1.807, 2.05) is 19.1 Å². The first-order valence-corrected chi connectivity index (χ1v) is 10.2. The second kappa shape index (κ2) is 9.35. The van der Waals surface area contributed by atoms with Gasteiger partial charge in [0, 0.05) is 24.5 Å². The van der Waals surface area contributed by atoms with Gasteiger partial charge in [-0.15, -0.1) is 0 Å². The standard InChI is InChI=1S/C24H21FN4O3/c1-3-29-18(15-31-24(29)30)13-16-6-9-19(10-7-16)32-22-11-8-17(14-20(22)25)28-23-21(26-2)5-4-12-27-23/h4-12,14,18H,3,13,15H2,1H3,(H,27,28)/t18-/m0/s1. The van der Waals surface area contributed by atoms with Gasteiger partial charge in [-0.25, -0.2) is 14.0 Å². The molecule has 1 N–H and O–H groups in total. The summed E-state index contributed by atoms with van der Waals surface area (Å²) in [6.45, 7) is 10.1. The average Bonchev–Trinajstić information content (AvgIpc) is 3.16. The van der Waals surface area contributed by atoms with E-state index >= 15 is 0 Å². The van der Waals surface area contributed by atoms with E-state index in [-0.39, 0.29) is 17.9 Å². The highest BCUT2D eigenvalue weighted by molar-refractivity contribution is 5.71. The van der Waals surface area contributed by atoms with Crippen LogP contribution in [0.2, 0.25) is 0 Å². The minimum atomic E-state index is -0.542. The maximum absolute atomic E-state index is 14.6. The quantitative estimate of drug-likeness (QED) is 0.486. The first kappa shape index (κ1) is 21.1. The molecule has 0 saturated carbocycles. The summed E-state index contributed by atoms with van der Waals surface area (Å²) in [6.07, 6.45) is 1.96. The molecule has 1 saturated heterocycles. The number of likely N-dealkylation sites (N-methyl/N-ethyl adjacent to an activating group) is 1. The van der Waals surface area contributed by atoms with Gasteiger partial charge in [0.2, 0.25) is 5.69 Å². The Hall–Kier alpha value is -4.12. The molecule has 0 aliphatic carbocycles. The molecule has 0 bridgehead atoms. The van der Waals surface area contributed by atoms with Crippen LogP contribution in [-0.4, -0.2) is 35.2 Å². The number of aromatic nitrogens is 1. The summed E-state index contributed by atoms with van der Waals surface area (Å²) in [7, 11) is 0. The lowest BCUT2D eigenvalue weighted by atomic mass is 10.1. The highest BCUT2D eigenvalue weighted by Gasteiger charge is 2.31. The molecule has 0 radical (unpaired) electrons. The average molecular weight is 432 g/mol. The zero-order valence-corrected chi connectivity index (χ0v) is 17.4. The van der Waals surface area contributed by atoms with E-state index in [0.717, 1.165) is 5.56 Å². The van der Waals surface area contributed by atoms with Crippen LogP contribution < -0.4 is 10.1 Å². The SMILES string of the molecule is [C-]#[N+]c1cccnc1Nc1ccc(Oc2ccc(C[C@H]3COC(=O)N3CC)cc2)c(F)c1. The number of carbonyl (C=O) groups excluding carboxylic acids is 1. The van der Waals surface area contributed by atoms with E-state index in [4.69, 9.17) is 16.0 Å². The Morgan fingerprint density at radius 3 is 2.81 bits per heavy atom. The van der Waals surface area contributed by atoms with Crippen LogP contribution in [0.5, 0.6) is 11.5 Å². The van der Waals surface area contributed by atoms with Crippen molar-refractivity contribution in [3.05, 3.63) is 83.6 Å². The zero-order valence-electron chi connectivity index (χ0n) is 17.4. The van der Waals surface area contributed by atoms with Crippen LogP contribution in [0.1, 0.15) is 12.5 Å². The number of anilines is 2. The fraction of sp³-hybridized carbons (Fsp3) is 0.208. The number of amides is 1. The van der Waals surface area contributed by atoms with Crippen molar-refractivity contribution in [1.29, 1.82) is 0 Å². The Morgan fingerprint density at radius 1 is 1.28 bits per heavy atom. The molecule has 1 amide bonds. The first-order valence-electron chi connectivity index (χ1n) is 10.2. The molecule has 0 spiro atoms. The van der Waals surface area contributed by atoms with Gasteiger partial charge in [0.05, 0.1) is 12.6 Å². The van der Waals surface area contributed by atoms with Crippen molar-refractivity contribution in [2.45, 2.75) is 19.4 Å². The van der Waals surface area contributed by atoms with Gasteiger partial charge >= 0.3 is 6.09 Å². The molecule has 4 rings (SSSR count). The highest BCUT2D eigenvalue weighted by Crippen LogP contribution is 2.30. The summed E-state index contributed by atoms with van der Waals surface area (Å²) >= 11 is 0. The zero-order chi connectivity index (χ0) is 22.5. The minimum Gasteiger partial charge on any atom is -0.454 e. The van der Waals surface area contributed by atoms with Crippen molar-refractivity contribution in [2.75, 3.05) is 18.5 Å². The third-order valence-corrected chi connectivity index (χ3v) is 5.14. The lowest BCUT2D eigenvalue weighted by molar-refractivity contribution is 0.159. The van der Waals surface area contributed by atoms with Crippen LogP contribution in [0.25, 0.3) is 4.85 Å². The lowest BCUT2D eigenvalue weighted by Gasteiger charge is -2.19. The van der Waals surface area contributed by atoms with Crippen LogP contribution in [0.4, 0.5) is 26.4 Å². The molecule has 32 heavy (non-hydrogen) atoms. The van der Waals surface area contributed by atoms with Crippen LogP contribution >= 0.6 is 0 Å². The van der Waals surface area contributed by atoms with Gasteiger partial charge < -0.3 is 19.7 Å². The summed E-state index contributed by atoms with van der Waals surface area (Å²) in [6, 6.07) is 15.1. The molecule has 7 nitrogen and oxygen atoms in total. The predicted molar refractivity (Wildman–Crippen MR) is 118 cm³/mol. The molecule has 1 atom stereocenters. The molecule has 1 aliphatic rings. The van der Waals surface area contributed by atoms with Crippen LogP contribution in [0, 0.1) is 12.4 Å². The number of hydrogen-bond acceptors (Lipinski definition) is 5. The summed E-state index contributed by atoms with van der Waals surface area (Å²) in [5.74, 6) is 0.405. The maximum atomic E-state index is 14.6. The monoisotopic (exact) mass is 432 g/mol. The van der Waals surface area contributed by atoms with Gasteiger partial charge in [-0.2, -0.15) is 0 Å². The Kier molecular flexibility index (Phi) is 6.17. The van der Waals surface area contributed by atoms with E-state index in [1.54, 1.807) is 41.4 Å². The predicted octanol–water partition coefficient (Wildman–Crippen LogP) is 5.69. The molecule has 8 heteroatoms. The van der Waals surface area contributed by atoms with Gasteiger partial charge in [0.1, 0.15) is 18.2 Å². The topological polar surface area (TPSA) is 68.0 Å². The molecule has 3 aromatic rings. The van der Waals surface area contributed by atoms with Crippen LogP contribution in [-0.2, 0) is 11.2 Å². The number of hydrogen-bond donors (Lipinski definition) is 1. The van der Waals surface area contributed by atoms with E-state index in [2.05, 4.69) is 15.1 Å². The third kappa shape index (κ3) is 4.62. The summed E-state index contributed by atoms with van der Waals surface area (Å²) < 4.78 is 25.4. The third-order valence-electron chi connectivity index (χ3n) is 5.14. The van der Waals surface area contributed by atoms with Gasteiger partial charge in [-0.05, 0) is 43.2 Å². The second-order valence-corrected chi connectivity index (χ2v) is 7.22. The van der Waals surface area contributed by atoms with E-state index in [9.17, 15) is 9.18 Å². The molecule has 2 heterocycles. The highest BCUT2D eigenvalue weighted by atomic mass is 19.1. The number of ether oxygens (including phenoxy) is 2. The maximum Gasteiger partial charge on any atom is 0.410 e. The number of carbonyl (C=O) groups is 1. The van der Waals surface area contributed by atoms with Gasteiger partial charge in [-0.1, -0.05) is 24.3 Å². The fourth-order valence-corrected chi connectivity index (χ4v) is 3.52. The van der Waals surface area contributed by atoms with E-state index in [1.165, 1.54) is 12.1 Å². The molecule has 1 aromatic heterocycles. The van der Waals surface area contributed by atoms with Crippen LogP contribution in [0.3, 0.4) is 0 Å². The fourth-order valence-electron chi connectivity index (χ4n) is 3.52. The molecule has 1 fully saturated rings. The van der Waals surface area contributed by atoms with Gasteiger partial charge in [0.15, 0.2) is 11.6 Å². The van der Waals surface area contributed by atoms with Crippen molar-refractivity contribution < 1.29 is 18.7 Å². The molecule has 1 aliphatic heterocycles. The Morgan fingerprint density at radius 2 is 2.09 bits per heavy atom. The normalized spacial score (nSPS) is 15.2. The van der Waals surface area contributed by atoms with Crippen LogP contribution in [0.15, 0.2) is 60.8 Å².